The van der Waals surface area contributed by atoms with Gasteiger partial charge in [-0.1, -0.05) is 0 Å². The van der Waals surface area contributed by atoms with Crippen LogP contribution in [0.3, 0.4) is 0 Å². The van der Waals surface area contributed by atoms with E-state index >= 15 is 0 Å². The Morgan fingerprint density at radius 1 is 1.33 bits per heavy atom. The van der Waals surface area contributed by atoms with E-state index in [-0.39, 0.29) is 18.6 Å². The maximum absolute atomic E-state index is 11.6. The smallest absolute Gasteiger partial charge is 0.236 e. The number of rotatable bonds is 12. The molecule has 1 atom stereocenters. The topological polar surface area (TPSA) is 70.6 Å². The minimum atomic E-state index is -0.161. The third-order valence-electron chi connectivity index (χ3n) is 2.36. The quantitative estimate of drug-likeness (QED) is 0.446. The van der Waals surface area contributed by atoms with Gasteiger partial charge in [-0.2, -0.15) is 11.8 Å². The van der Waals surface area contributed by atoms with Crippen molar-refractivity contribution in [3.05, 3.63) is 0 Å². The number of amides is 1. The number of ether oxygens (including phenoxy) is 1. The zero-order valence-corrected chi connectivity index (χ0v) is 12.2. The monoisotopic (exact) mass is 278 g/mol. The average Bonchev–Trinajstić information content (AvgIpc) is 2.38. The lowest BCUT2D eigenvalue weighted by atomic mass is 10.3. The van der Waals surface area contributed by atoms with Crippen molar-refractivity contribution in [2.75, 3.05) is 44.9 Å². The lowest BCUT2D eigenvalue weighted by molar-refractivity contribution is -0.122. The van der Waals surface area contributed by atoms with Gasteiger partial charge in [0.15, 0.2) is 0 Å². The van der Waals surface area contributed by atoms with Crippen LogP contribution in [0.5, 0.6) is 0 Å². The number of carbonyl (C=O) groups is 1. The first-order valence-corrected chi connectivity index (χ1v) is 7.56. The predicted octanol–water partition coefficient (Wildman–Crippen LogP) is 0.233. The van der Waals surface area contributed by atoms with Crippen molar-refractivity contribution in [2.24, 2.45) is 0 Å². The Morgan fingerprint density at radius 2 is 2.11 bits per heavy atom. The van der Waals surface area contributed by atoms with E-state index in [0.29, 0.717) is 13.2 Å². The van der Waals surface area contributed by atoms with Crippen LogP contribution >= 0.6 is 11.8 Å². The normalized spacial score (nSPS) is 12.4. The first kappa shape index (κ1) is 17.7. The molecule has 0 saturated carbocycles. The molecule has 0 fully saturated rings. The minimum absolute atomic E-state index is 0.0338. The highest BCUT2D eigenvalue weighted by molar-refractivity contribution is 7.99. The Bertz CT molecular complexity index is 206. The maximum atomic E-state index is 11.6. The highest BCUT2D eigenvalue weighted by atomic mass is 32.2. The fourth-order valence-corrected chi connectivity index (χ4v) is 2.09. The van der Waals surface area contributed by atoms with E-state index < -0.39 is 0 Å². The molecule has 6 heteroatoms. The number of methoxy groups -OCH3 is 1. The lowest BCUT2D eigenvalue weighted by Crippen LogP contribution is -2.43. The molecule has 0 saturated heterocycles. The fraction of sp³-hybridized carbons (Fsp3) is 0.917. The van der Waals surface area contributed by atoms with Gasteiger partial charge in [0.25, 0.3) is 0 Å². The Kier molecular flexibility index (Phi) is 12.9. The van der Waals surface area contributed by atoms with Gasteiger partial charge in [0.1, 0.15) is 0 Å². The van der Waals surface area contributed by atoms with E-state index in [1.807, 2.05) is 6.92 Å². The summed E-state index contributed by atoms with van der Waals surface area (Å²) in [5.41, 5.74) is 0. The summed E-state index contributed by atoms with van der Waals surface area (Å²) in [5.74, 6) is 1.96. The van der Waals surface area contributed by atoms with Gasteiger partial charge in [-0.15, -0.1) is 0 Å². The van der Waals surface area contributed by atoms with E-state index in [1.165, 1.54) is 0 Å². The Balaban J connectivity index is 3.38. The zero-order valence-electron chi connectivity index (χ0n) is 11.4. The molecule has 0 bridgehead atoms. The van der Waals surface area contributed by atoms with Gasteiger partial charge in [-0.25, -0.2) is 0 Å². The van der Waals surface area contributed by atoms with Crippen molar-refractivity contribution in [3.63, 3.8) is 0 Å². The van der Waals surface area contributed by atoms with Crippen molar-refractivity contribution >= 4 is 17.7 Å². The predicted molar refractivity (Wildman–Crippen MR) is 76.0 cm³/mol. The minimum Gasteiger partial charge on any atom is -0.396 e. The van der Waals surface area contributed by atoms with E-state index in [4.69, 9.17) is 9.84 Å². The van der Waals surface area contributed by atoms with Crippen molar-refractivity contribution in [1.82, 2.24) is 10.6 Å². The summed E-state index contributed by atoms with van der Waals surface area (Å²) in [6.45, 7) is 4.25. The third kappa shape index (κ3) is 10.8. The Hall–Kier alpha value is -0.300. The number of aliphatic hydroxyl groups excluding tert-OH is 1. The molecule has 0 aromatic heterocycles. The first-order valence-electron chi connectivity index (χ1n) is 6.41. The summed E-state index contributed by atoms with van der Waals surface area (Å²) < 4.78 is 4.91. The van der Waals surface area contributed by atoms with Gasteiger partial charge in [0.2, 0.25) is 5.91 Å². The van der Waals surface area contributed by atoms with Crippen molar-refractivity contribution < 1.29 is 14.6 Å². The van der Waals surface area contributed by atoms with Crippen molar-refractivity contribution in [2.45, 2.75) is 25.8 Å². The van der Waals surface area contributed by atoms with E-state index in [9.17, 15) is 4.79 Å². The standard InChI is InChI=1S/C12H26N2O3S/c1-11(12(16)14-5-3-8-17-2)13-6-10-18-9-4-7-15/h11,13,15H,3-10H2,1-2H3,(H,14,16). The number of hydrogen-bond donors (Lipinski definition) is 3. The molecule has 3 N–H and O–H groups in total. The van der Waals surface area contributed by atoms with Crippen LogP contribution < -0.4 is 10.6 Å². The highest BCUT2D eigenvalue weighted by Gasteiger charge is 2.10. The number of carbonyl (C=O) groups excluding carboxylic acids is 1. The number of nitrogens with one attached hydrogen (secondary N) is 2. The fourth-order valence-electron chi connectivity index (χ4n) is 1.29. The van der Waals surface area contributed by atoms with E-state index in [0.717, 1.165) is 30.9 Å². The first-order chi connectivity index (χ1) is 8.72. The molecule has 18 heavy (non-hydrogen) atoms. The van der Waals surface area contributed by atoms with E-state index in [1.54, 1.807) is 18.9 Å². The summed E-state index contributed by atoms with van der Waals surface area (Å²) in [5, 5.41) is 14.6. The average molecular weight is 278 g/mol. The molecule has 1 unspecified atom stereocenters. The SMILES string of the molecule is COCCCNC(=O)C(C)NCCSCCCO. The van der Waals surface area contributed by atoms with Crippen molar-refractivity contribution in [3.8, 4) is 0 Å². The molecule has 0 aliphatic rings. The Morgan fingerprint density at radius 3 is 2.78 bits per heavy atom. The molecule has 0 aliphatic heterocycles. The summed E-state index contributed by atoms with van der Waals surface area (Å²) in [7, 11) is 1.65. The second-order valence-corrected chi connectivity index (χ2v) is 5.23. The van der Waals surface area contributed by atoms with Gasteiger partial charge in [0, 0.05) is 39.2 Å². The molecule has 108 valence electrons. The summed E-state index contributed by atoms with van der Waals surface area (Å²) in [6.07, 6.45) is 1.67. The van der Waals surface area contributed by atoms with Crippen LogP contribution in [0.1, 0.15) is 19.8 Å². The second-order valence-electron chi connectivity index (χ2n) is 4.00. The molecule has 5 nitrogen and oxygen atoms in total. The molecule has 0 heterocycles. The number of thioether (sulfide) groups is 1. The van der Waals surface area contributed by atoms with Gasteiger partial charge >= 0.3 is 0 Å². The van der Waals surface area contributed by atoms with Gasteiger partial charge in [-0.05, 0) is 25.5 Å². The maximum Gasteiger partial charge on any atom is 0.236 e. The molecule has 1 amide bonds. The third-order valence-corrected chi connectivity index (χ3v) is 3.43. The van der Waals surface area contributed by atoms with Crippen LogP contribution in [0.2, 0.25) is 0 Å². The van der Waals surface area contributed by atoms with Crippen LogP contribution in [0.25, 0.3) is 0 Å². The largest absolute Gasteiger partial charge is 0.396 e. The van der Waals surface area contributed by atoms with Crippen LogP contribution in [-0.4, -0.2) is 62.0 Å². The van der Waals surface area contributed by atoms with Crippen LogP contribution in [-0.2, 0) is 9.53 Å². The van der Waals surface area contributed by atoms with Crippen LogP contribution in [0.4, 0.5) is 0 Å². The van der Waals surface area contributed by atoms with Crippen molar-refractivity contribution in [1.29, 1.82) is 0 Å². The van der Waals surface area contributed by atoms with E-state index in [2.05, 4.69) is 10.6 Å². The van der Waals surface area contributed by atoms with Crippen LogP contribution in [0, 0.1) is 0 Å². The van der Waals surface area contributed by atoms with Crippen LogP contribution in [0.15, 0.2) is 0 Å². The molecule has 0 aromatic carbocycles. The summed E-state index contributed by atoms with van der Waals surface area (Å²) >= 11 is 1.79. The lowest BCUT2D eigenvalue weighted by Gasteiger charge is -2.13. The zero-order chi connectivity index (χ0) is 13.6. The summed E-state index contributed by atoms with van der Waals surface area (Å²) in [6, 6.07) is -0.161. The molecule has 0 spiro atoms. The van der Waals surface area contributed by atoms with Gasteiger partial charge in [-0.3, -0.25) is 4.79 Å². The molecule has 0 aliphatic carbocycles. The molecule has 0 aromatic rings. The molecule has 0 radical (unpaired) electrons. The van der Waals surface area contributed by atoms with Gasteiger partial charge < -0.3 is 20.5 Å². The molecular formula is C12H26N2O3S. The Labute approximate surface area is 114 Å². The highest BCUT2D eigenvalue weighted by Crippen LogP contribution is 2.00. The van der Waals surface area contributed by atoms with Gasteiger partial charge in [0.05, 0.1) is 6.04 Å². The molecular weight excluding hydrogens is 252 g/mol. The molecule has 0 rings (SSSR count). The number of hydrogen-bond acceptors (Lipinski definition) is 5. The second kappa shape index (κ2) is 13.1. The summed E-state index contributed by atoms with van der Waals surface area (Å²) in [4.78, 5) is 11.6. The number of aliphatic hydroxyl groups is 1.